The maximum Gasteiger partial charge on any atom is 0.221 e. The number of carbonyl (C=O) groups excluding carboxylic acids is 1. The standard InChI is InChI=1S/C10H19N3O/c11-10(14)9-2-4-13(7-9)3-1-8-5-12-6-8/h8-9,12H,1-7H2,(H2,11,14). The second-order valence-electron chi connectivity index (χ2n) is 4.50. The van der Waals surface area contributed by atoms with Gasteiger partial charge in [0.05, 0.1) is 5.92 Å². The number of likely N-dealkylation sites (tertiary alicyclic amines) is 1. The molecule has 0 bridgehead atoms. The first-order valence-electron chi connectivity index (χ1n) is 5.48. The summed E-state index contributed by atoms with van der Waals surface area (Å²) in [5.74, 6) is 0.843. The molecule has 0 radical (unpaired) electrons. The molecule has 1 amide bonds. The highest BCUT2D eigenvalue weighted by atomic mass is 16.1. The van der Waals surface area contributed by atoms with E-state index in [1.165, 1.54) is 19.5 Å². The van der Waals surface area contributed by atoms with Crippen LogP contribution in [0.25, 0.3) is 0 Å². The molecule has 2 aliphatic rings. The third kappa shape index (κ3) is 2.25. The van der Waals surface area contributed by atoms with Gasteiger partial charge >= 0.3 is 0 Å². The zero-order chi connectivity index (χ0) is 9.97. The van der Waals surface area contributed by atoms with Gasteiger partial charge in [-0.15, -0.1) is 0 Å². The van der Waals surface area contributed by atoms with Crippen molar-refractivity contribution in [1.82, 2.24) is 10.2 Å². The lowest BCUT2D eigenvalue weighted by Crippen LogP contribution is -2.43. The Bertz CT molecular complexity index is 215. The van der Waals surface area contributed by atoms with Crippen LogP contribution in [-0.2, 0) is 4.79 Å². The lowest BCUT2D eigenvalue weighted by molar-refractivity contribution is -0.121. The van der Waals surface area contributed by atoms with Crippen LogP contribution in [0.4, 0.5) is 0 Å². The van der Waals surface area contributed by atoms with Crippen LogP contribution in [0, 0.1) is 11.8 Å². The van der Waals surface area contributed by atoms with Gasteiger partial charge < -0.3 is 16.0 Å². The zero-order valence-electron chi connectivity index (χ0n) is 8.54. The second-order valence-corrected chi connectivity index (χ2v) is 4.50. The Morgan fingerprint density at radius 3 is 2.79 bits per heavy atom. The summed E-state index contributed by atoms with van der Waals surface area (Å²) in [6.07, 6.45) is 2.22. The molecular formula is C10H19N3O. The minimum atomic E-state index is -0.127. The van der Waals surface area contributed by atoms with Gasteiger partial charge in [0.25, 0.3) is 0 Å². The Morgan fingerprint density at radius 1 is 1.50 bits per heavy atom. The molecule has 2 aliphatic heterocycles. The van der Waals surface area contributed by atoms with Crippen molar-refractivity contribution in [3.05, 3.63) is 0 Å². The van der Waals surface area contributed by atoms with E-state index in [0.29, 0.717) is 0 Å². The molecule has 0 aliphatic carbocycles. The fourth-order valence-corrected chi connectivity index (χ4v) is 2.19. The molecule has 4 nitrogen and oxygen atoms in total. The maximum absolute atomic E-state index is 10.9. The van der Waals surface area contributed by atoms with Gasteiger partial charge in [-0.3, -0.25) is 4.79 Å². The third-order valence-corrected chi connectivity index (χ3v) is 3.39. The number of nitrogens with one attached hydrogen (secondary N) is 1. The molecule has 2 fully saturated rings. The summed E-state index contributed by atoms with van der Waals surface area (Å²) >= 11 is 0. The van der Waals surface area contributed by atoms with Crippen LogP contribution in [0.5, 0.6) is 0 Å². The van der Waals surface area contributed by atoms with Crippen molar-refractivity contribution in [2.75, 3.05) is 32.7 Å². The van der Waals surface area contributed by atoms with Crippen molar-refractivity contribution in [1.29, 1.82) is 0 Å². The van der Waals surface area contributed by atoms with E-state index in [2.05, 4.69) is 10.2 Å². The van der Waals surface area contributed by atoms with Crippen molar-refractivity contribution in [3.8, 4) is 0 Å². The summed E-state index contributed by atoms with van der Waals surface area (Å²) in [6, 6.07) is 0. The Balaban J connectivity index is 1.65. The predicted molar refractivity (Wildman–Crippen MR) is 54.7 cm³/mol. The molecule has 0 saturated carbocycles. The van der Waals surface area contributed by atoms with E-state index in [1.807, 2.05) is 0 Å². The van der Waals surface area contributed by atoms with Crippen LogP contribution in [-0.4, -0.2) is 43.5 Å². The molecule has 0 spiro atoms. The van der Waals surface area contributed by atoms with Gasteiger partial charge in [-0.1, -0.05) is 0 Å². The van der Waals surface area contributed by atoms with E-state index in [4.69, 9.17) is 5.73 Å². The molecule has 3 N–H and O–H groups in total. The number of hydrogen-bond acceptors (Lipinski definition) is 3. The van der Waals surface area contributed by atoms with E-state index in [9.17, 15) is 4.79 Å². The second kappa shape index (κ2) is 4.28. The quantitative estimate of drug-likeness (QED) is 0.633. The van der Waals surface area contributed by atoms with Gasteiger partial charge in [-0.2, -0.15) is 0 Å². The van der Waals surface area contributed by atoms with Crippen LogP contribution in [0.15, 0.2) is 0 Å². The van der Waals surface area contributed by atoms with Gasteiger partial charge in [-0.25, -0.2) is 0 Å². The van der Waals surface area contributed by atoms with Crippen molar-refractivity contribution >= 4 is 5.91 Å². The fraction of sp³-hybridized carbons (Fsp3) is 0.900. The van der Waals surface area contributed by atoms with Crippen LogP contribution in [0.1, 0.15) is 12.8 Å². The molecule has 2 rings (SSSR count). The highest BCUT2D eigenvalue weighted by Gasteiger charge is 2.27. The normalized spacial score (nSPS) is 29.0. The summed E-state index contributed by atoms with van der Waals surface area (Å²) in [5, 5.41) is 3.27. The number of rotatable bonds is 4. The van der Waals surface area contributed by atoms with Crippen molar-refractivity contribution in [2.24, 2.45) is 17.6 Å². The zero-order valence-corrected chi connectivity index (χ0v) is 8.54. The Kier molecular flexibility index (Phi) is 3.03. The number of nitrogens with two attached hydrogens (primary N) is 1. The van der Waals surface area contributed by atoms with E-state index in [-0.39, 0.29) is 11.8 Å². The Morgan fingerprint density at radius 2 is 2.29 bits per heavy atom. The number of carbonyl (C=O) groups is 1. The molecular weight excluding hydrogens is 178 g/mol. The largest absolute Gasteiger partial charge is 0.369 e. The van der Waals surface area contributed by atoms with Gasteiger partial charge in [-0.05, 0) is 44.9 Å². The molecule has 80 valence electrons. The molecule has 2 heterocycles. The van der Waals surface area contributed by atoms with Gasteiger partial charge in [0.1, 0.15) is 0 Å². The molecule has 0 aromatic carbocycles. The van der Waals surface area contributed by atoms with Gasteiger partial charge in [0.2, 0.25) is 5.91 Å². The molecule has 0 aromatic heterocycles. The molecule has 1 atom stereocenters. The third-order valence-electron chi connectivity index (χ3n) is 3.39. The SMILES string of the molecule is NC(=O)C1CCN(CCC2CNC2)C1. The predicted octanol–water partition coefficient (Wildman–Crippen LogP) is -0.597. The Labute approximate surface area is 84.8 Å². The van der Waals surface area contributed by atoms with Crippen LogP contribution >= 0.6 is 0 Å². The number of amides is 1. The lowest BCUT2D eigenvalue weighted by atomic mass is 9.99. The summed E-state index contributed by atoms with van der Waals surface area (Å²) in [4.78, 5) is 13.3. The molecule has 0 aromatic rings. The van der Waals surface area contributed by atoms with Crippen LogP contribution < -0.4 is 11.1 Å². The van der Waals surface area contributed by atoms with Crippen LogP contribution in [0.3, 0.4) is 0 Å². The minimum absolute atomic E-state index is 0.106. The average molecular weight is 197 g/mol. The van der Waals surface area contributed by atoms with E-state index in [1.54, 1.807) is 0 Å². The van der Waals surface area contributed by atoms with Crippen LogP contribution in [0.2, 0.25) is 0 Å². The number of primary amides is 1. The molecule has 14 heavy (non-hydrogen) atoms. The number of nitrogens with zero attached hydrogens (tertiary/aromatic N) is 1. The van der Waals surface area contributed by atoms with Gasteiger partial charge in [0.15, 0.2) is 0 Å². The van der Waals surface area contributed by atoms with E-state index >= 15 is 0 Å². The van der Waals surface area contributed by atoms with Crippen molar-refractivity contribution in [3.63, 3.8) is 0 Å². The fourth-order valence-electron chi connectivity index (χ4n) is 2.19. The van der Waals surface area contributed by atoms with E-state index < -0.39 is 0 Å². The highest BCUT2D eigenvalue weighted by Crippen LogP contribution is 2.17. The monoisotopic (exact) mass is 197 g/mol. The summed E-state index contributed by atoms with van der Waals surface area (Å²) in [7, 11) is 0. The smallest absolute Gasteiger partial charge is 0.221 e. The molecule has 4 heteroatoms. The number of hydrogen-bond donors (Lipinski definition) is 2. The average Bonchev–Trinajstić information content (AvgIpc) is 2.50. The lowest BCUT2D eigenvalue weighted by Gasteiger charge is -2.28. The topological polar surface area (TPSA) is 58.4 Å². The van der Waals surface area contributed by atoms with Crippen molar-refractivity contribution < 1.29 is 4.79 Å². The van der Waals surface area contributed by atoms with Gasteiger partial charge in [0, 0.05) is 6.54 Å². The summed E-state index contributed by atoms with van der Waals surface area (Å²) in [5.41, 5.74) is 5.28. The summed E-state index contributed by atoms with van der Waals surface area (Å²) < 4.78 is 0. The maximum atomic E-state index is 10.9. The minimum Gasteiger partial charge on any atom is -0.369 e. The molecule has 1 unspecified atom stereocenters. The van der Waals surface area contributed by atoms with Crippen molar-refractivity contribution in [2.45, 2.75) is 12.8 Å². The first-order chi connectivity index (χ1) is 6.75. The van der Waals surface area contributed by atoms with E-state index in [0.717, 1.165) is 32.0 Å². The molecule has 2 saturated heterocycles. The highest BCUT2D eigenvalue weighted by molar-refractivity contribution is 5.77. The first-order valence-corrected chi connectivity index (χ1v) is 5.48. The Hall–Kier alpha value is -0.610. The summed E-state index contributed by atoms with van der Waals surface area (Å²) in [6.45, 7) is 5.42. The first kappa shape index (κ1) is 9.93.